The third-order valence-electron chi connectivity index (χ3n) is 3.61. The Morgan fingerprint density at radius 3 is 2.82 bits per heavy atom. The Morgan fingerprint density at radius 1 is 1.45 bits per heavy atom. The largest absolute Gasteiger partial charge is 0.486 e. The fraction of sp³-hybridized carbons (Fsp3) is 0.500. The number of carbonyl (C=O) groups excluding carboxylic acids is 1. The van der Waals surface area contributed by atoms with Crippen LogP contribution in [0, 0.1) is 16.0 Å². The SMILES string of the molecule is Cl.NCC1CCN(C(=O)CCOc2ccccc2[N+](=O)[O-])C1. The van der Waals surface area contributed by atoms with Gasteiger partial charge in [0.05, 0.1) is 18.0 Å². The monoisotopic (exact) mass is 329 g/mol. The average Bonchev–Trinajstić information content (AvgIpc) is 2.96. The minimum atomic E-state index is -0.497. The van der Waals surface area contributed by atoms with E-state index in [4.69, 9.17) is 10.5 Å². The van der Waals surface area contributed by atoms with Crippen LogP contribution in [0.1, 0.15) is 12.8 Å². The molecule has 1 aliphatic rings. The van der Waals surface area contributed by atoms with Gasteiger partial charge in [-0.15, -0.1) is 12.4 Å². The van der Waals surface area contributed by atoms with Crippen LogP contribution in [0.3, 0.4) is 0 Å². The Bertz CT molecular complexity index is 527. The molecule has 0 spiro atoms. The summed E-state index contributed by atoms with van der Waals surface area (Å²) in [6.07, 6.45) is 1.15. The molecule has 8 heteroatoms. The maximum atomic E-state index is 12.0. The van der Waals surface area contributed by atoms with E-state index in [1.165, 1.54) is 12.1 Å². The van der Waals surface area contributed by atoms with Gasteiger partial charge in [0.2, 0.25) is 5.91 Å². The predicted molar refractivity (Wildman–Crippen MR) is 84.2 cm³/mol. The van der Waals surface area contributed by atoms with Gasteiger partial charge < -0.3 is 15.4 Å². The summed E-state index contributed by atoms with van der Waals surface area (Å²) >= 11 is 0. The molecule has 2 rings (SSSR count). The third kappa shape index (κ3) is 4.57. The first-order valence-corrected chi connectivity index (χ1v) is 6.96. The zero-order valence-corrected chi connectivity index (χ0v) is 13.0. The molecule has 1 heterocycles. The molecular weight excluding hydrogens is 310 g/mol. The van der Waals surface area contributed by atoms with Crippen molar-refractivity contribution < 1.29 is 14.5 Å². The van der Waals surface area contributed by atoms with E-state index in [2.05, 4.69) is 0 Å². The van der Waals surface area contributed by atoms with Crippen LogP contribution < -0.4 is 10.5 Å². The highest BCUT2D eigenvalue weighted by atomic mass is 35.5. The van der Waals surface area contributed by atoms with Gasteiger partial charge >= 0.3 is 5.69 Å². The Labute approximate surface area is 135 Å². The number of amides is 1. The van der Waals surface area contributed by atoms with Gasteiger partial charge in [-0.1, -0.05) is 12.1 Å². The molecule has 1 amide bonds. The Balaban J connectivity index is 0.00000242. The van der Waals surface area contributed by atoms with Crippen molar-refractivity contribution in [2.75, 3.05) is 26.2 Å². The third-order valence-corrected chi connectivity index (χ3v) is 3.61. The summed E-state index contributed by atoms with van der Waals surface area (Å²) in [7, 11) is 0. The van der Waals surface area contributed by atoms with Crippen LogP contribution in [0.4, 0.5) is 5.69 Å². The molecule has 0 aromatic heterocycles. The van der Waals surface area contributed by atoms with E-state index in [0.29, 0.717) is 19.0 Å². The molecule has 1 unspecified atom stereocenters. The van der Waals surface area contributed by atoms with E-state index in [1.54, 1.807) is 17.0 Å². The standard InChI is InChI=1S/C14H19N3O4.ClH/c15-9-11-5-7-16(10-11)14(18)6-8-21-13-4-2-1-3-12(13)17(19)20;/h1-4,11H,5-10,15H2;1H. The van der Waals surface area contributed by atoms with Crippen molar-refractivity contribution in [1.82, 2.24) is 4.90 Å². The molecule has 1 aromatic carbocycles. The van der Waals surface area contributed by atoms with Gasteiger partial charge in [-0.05, 0) is 24.9 Å². The van der Waals surface area contributed by atoms with Gasteiger partial charge in [-0.25, -0.2) is 0 Å². The van der Waals surface area contributed by atoms with E-state index in [9.17, 15) is 14.9 Å². The molecule has 1 saturated heterocycles. The highest BCUT2D eigenvalue weighted by Crippen LogP contribution is 2.26. The number of hydrogen-bond donors (Lipinski definition) is 1. The quantitative estimate of drug-likeness (QED) is 0.631. The normalized spacial score (nSPS) is 17.0. The average molecular weight is 330 g/mol. The molecular formula is C14H20ClN3O4. The molecule has 1 aliphatic heterocycles. The highest BCUT2D eigenvalue weighted by Gasteiger charge is 2.25. The molecule has 1 aromatic rings. The second-order valence-corrected chi connectivity index (χ2v) is 5.05. The molecule has 0 radical (unpaired) electrons. The number of para-hydroxylation sites is 2. The van der Waals surface area contributed by atoms with Gasteiger partial charge in [0.25, 0.3) is 0 Å². The Kier molecular flexibility index (Phi) is 7.07. The van der Waals surface area contributed by atoms with Crippen molar-refractivity contribution in [3.05, 3.63) is 34.4 Å². The van der Waals surface area contributed by atoms with Crippen LogP contribution >= 0.6 is 12.4 Å². The second-order valence-electron chi connectivity index (χ2n) is 5.05. The summed E-state index contributed by atoms with van der Waals surface area (Å²) in [5.74, 6) is 0.575. The number of ether oxygens (including phenoxy) is 1. The number of nitro groups is 1. The number of carbonyl (C=O) groups is 1. The lowest BCUT2D eigenvalue weighted by atomic mass is 10.1. The van der Waals surface area contributed by atoms with Crippen LogP contribution in [0.2, 0.25) is 0 Å². The summed E-state index contributed by atoms with van der Waals surface area (Å²) in [5, 5.41) is 10.8. The van der Waals surface area contributed by atoms with Crippen molar-refractivity contribution in [2.24, 2.45) is 11.7 Å². The second kappa shape index (κ2) is 8.55. The fourth-order valence-electron chi connectivity index (χ4n) is 2.39. The van der Waals surface area contributed by atoms with E-state index < -0.39 is 4.92 Å². The van der Waals surface area contributed by atoms with Crippen molar-refractivity contribution in [2.45, 2.75) is 12.8 Å². The molecule has 2 N–H and O–H groups in total. The molecule has 7 nitrogen and oxygen atoms in total. The van der Waals surface area contributed by atoms with Crippen LogP contribution in [-0.2, 0) is 4.79 Å². The summed E-state index contributed by atoms with van der Waals surface area (Å²) in [6, 6.07) is 6.15. The fourth-order valence-corrected chi connectivity index (χ4v) is 2.39. The first kappa shape index (κ1) is 18.2. The first-order chi connectivity index (χ1) is 10.1. The van der Waals surface area contributed by atoms with Gasteiger partial charge in [0.1, 0.15) is 0 Å². The maximum Gasteiger partial charge on any atom is 0.310 e. The summed E-state index contributed by atoms with van der Waals surface area (Å²) in [6.45, 7) is 2.15. The van der Waals surface area contributed by atoms with Crippen molar-refractivity contribution in [3.63, 3.8) is 0 Å². The van der Waals surface area contributed by atoms with Crippen LogP contribution in [0.15, 0.2) is 24.3 Å². The number of benzene rings is 1. The van der Waals surface area contributed by atoms with Gasteiger partial charge in [0.15, 0.2) is 5.75 Å². The maximum absolute atomic E-state index is 12.0. The van der Waals surface area contributed by atoms with Gasteiger partial charge in [-0.3, -0.25) is 14.9 Å². The number of likely N-dealkylation sites (tertiary alicyclic amines) is 1. The Hall–Kier alpha value is -1.86. The van der Waals surface area contributed by atoms with Gasteiger partial charge in [-0.2, -0.15) is 0 Å². The summed E-state index contributed by atoms with van der Waals surface area (Å²) in [4.78, 5) is 24.1. The number of nitrogens with two attached hydrogens (primary N) is 1. The zero-order chi connectivity index (χ0) is 15.2. The van der Waals surface area contributed by atoms with Crippen LogP contribution in [0.5, 0.6) is 5.75 Å². The molecule has 1 fully saturated rings. The smallest absolute Gasteiger partial charge is 0.310 e. The summed E-state index contributed by atoms with van der Waals surface area (Å²) < 4.78 is 5.37. The number of hydrogen-bond acceptors (Lipinski definition) is 5. The lowest BCUT2D eigenvalue weighted by Crippen LogP contribution is -2.30. The lowest BCUT2D eigenvalue weighted by molar-refractivity contribution is -0.385. The number of nitro benzene ring substituents is 1. The molecule has 1 atom stereocenters. The van der Waals surface area contributed by atoms with Crippen LogP contribution in [-0.4, -0.2) is 42.0 Å². The molecule has 0 saturated carbocycles. The highest BCUT2D eigenvalue weighted by molar-refractivity contribution is 5.85. The van der Waals surface area contributed by atoms with Crippen molar-refractivity contribution in [3.8, 4) is 5.75 Å². The zero-order valence-electron chi connectivity index (χ0n) is 12.1. The van der Waals surface area contributed by atoms with Crippen molar-refractivity contribution >= 4 is 24.0 Å². The lowest BCUT2D eigenvalue weighted by Gasteiger charge is -2.16. The summed E-state index contributed by atoms with van der Waals surface area (Å²) in [5.41, 5.74) is 5.50. The molecule has 22 heavy (non-hydrogen) atoms. The molecule has 0 aliphatic carbocycles. The van der Waals surface area contributed by atoms with E-state index in [-0.39, 0.29) is 42.8 Å². The Morgan fingerprint density at radius 2 is 2.18 bits per heavy atom. The number of rotatable bonds is 6. The van der Waals surface area contributed by atoms with Crippen molar-refractivity contribution in [1.29, 1.82) is 0 Å². The number of nitrogens with zero attached hydrogens (tertiary/aromatic N) is 2. The number of halogens is 1. The topological polar surface area (TPSA) is 98.7 Å². The van der Waals surface area contributed by atoms with Crippen LogP contribution in [0.25, 0.3) is 0 Å². The molecule has 0 bridgehead atoms. The predicted octanol–water partition coefficient (Wildman–Crippen LogP) is 1.59. The van der Waals surface area contributed by atoms with E-state index >= 15 is 0 Å². The van der Waals surface area contributed by atoms with Gasteiger partial charge in [0, 0.05) is 19.2 Å². The molecule has 122 valence electrons. The minimum Gasteiger partial charge on any atom is -0.486 e. The minimum absolute atomic E-state index is 0. The van der Waals surface area contributed by atoms with E-state index in [0.717, 1.165) is 13.0 Å². The first-order valence-electron chi connectivity index (χ1n) is 6.96. The van der Waals surface area contributed by atoms with E-state index in [1.807, 2.05) is 0 Å².